The van der Waals surface area contributed by atoms with Gasteiger partial charge in [-0.05, 0) is 17.5 Å². The first-order valence-corrected chi connectivity index (χ1v) is 8.24. The highest BCUT2D eigenvalue weighted by atomic mass is 32.2. The van der Waals surface area contributed by atoms with Crippen LogP contribution in [0.2, 0.25) is 0 Å². The zero-order valence-corrected chi connectivity index (χ0v) is 14.5. The van der Waals surface area contributed by atoms with Crippen LogP contribution in [0.25, 0.3) is 10.4 Å². The number of non-ortho nitro benzene ring substituents is 1. The monoisotopic (exact) mass is 346 g/mol. The summed E-state index contributed by atoms with van der Waals surface area (Å²) in [6.45, 7) is 4.45. The van der Waals surface area contributed by atoms with Crippen LogP contribution in [0.3, 0.4) is 0 Å². The van der Waals surface area contributed by atoms with Crippen molar-refractivity contribution < 1.29 is 4.92 Å². The maximum Gasteiger partial charge on any atom is 0.270 e. The Hall–Kier alpha value is -2.51. The van der Waals surface area contributed by atoms with E-state index in [4.69, 9.17) is 5.53 Å². The lowest BCUT2D eigenvalue weighted by Crippen LogP contribution is -2.01. The molecule has 0 fully saturated rings. The largest absolute Gasteiger partial charge is 0.326 e. The molecule has 0 aliphatic carbocycles. The third-order valence-electron chi connectivity index (χ3n) is 3.45. The Kier molecular flexibility index (Phi) is 5.83. The van der Waals surface area contributed by atoms with Gasteiger partial charge in [0.15, 0.2) is 0 Å². The van der Waals surface area contributed by atoms with Gasteiger partial charge >= 0.3 is 0 Å². The highest BCUT2D eigenvalue weighted by Crippen LogP contribution is 2.35. The summed E-state index contributed by atoms with van der Waals surface area (Å²) in [5.74, 6) is 1.05. The lowest BCUT2D eigenvalue weighted by atomic mass is 10.1. The van der Waals surface area contributed by atoms with Crippen molar-refractivity contribution in [2.45, 2.75) is 36.1 Å². The fourth-order valence-electron chi connectivity index (χ4n) is 2.24. The quantitative estimate of drug-likeness (QED) is 0.242. The number of rotatable bonds is 7. The summed E-state index contributed by atoms with van der Waals surface area (Å²) >= 11 is 1.45. The van der Waals surface area contributed by atoms with Gasteiger partial charge in [0.05, 0.1) is 10.6 Å². The van der Waals surface area contributed by atoms with Gasteiger partial charge in [0.1, 0.15) is 10.9 Å². The number of nitrogens with zero attached hydrogens (tertiary/aromatic N) is 6. The van der Waals surface area contributed by atoms with Crippen LogP contribution in [0.5, 0.6) is 0 Å². The van der Waals surface area contributed by atoms with Crippen LogP contribution in [-0.2, 0) is 13.5 Å². The zero-order chi connectivity index (χ0) is 17.7. The number of benzene rings is 1. The van der Waals surface area contributed by atoms with Gasteiger partial charge in [0.25, 0.3) is 5.69 Å². The van der Waals surface area contributed by atoms with Crippen molar-refractivity contribution >= 4 is 17.4 Å². The van der Waals surface area contributed by atoms with Crippen molar-refractivity contribution in [3.05, 3.63) is 56.3 Å². The minimum atomic E-state index is -0.401. The van der Waals surface area contributed by atoms with Crippen molar-refractivity contribution in [3.8, 4) is 0 Å². The van der Waals surface area contributed by atoms with Crippen LogP contribution in [0, 0.1) is 10.1 Å². The average Bonchev–Trinajstić information content (AvgIpc) is 2.85. The van der Waals surface area contributed by atoms with Crippen LogP contribution in [-0.4, -0.2) is 21.0 Å². The lowest BCUT2D eigenvalue weighted by molar-refractivity contribution is -0.385. The molecule has 1 aromatic carbocycles. The number of imidazole rings is 1. The van der Waals surface area contributed by atoms with E-state index in [0.717, 1.165) is 21.4 Å². The molecule has 0 amide bonds. The molecule has 1 heterocycles. The predicted octanol–water partition coefficient (Wildman–Crippen LogP) is 4.46. The molecule has 0 saturated heterocycles. The van der Waals surface area contributed by atoms with Gasteiger partial charge in [-0.1, -0.05) is 36.8 Å². The Morgan fingerprint density at radius 3 is 2.88 bits per heavy atom. The molecule has 24 heavy (non-hydrogen) atoms. The second-order valence-corrected chi connectivity index (χ2v) is 6.56. The molecule has 0 atom stereocenters. The summed E-state index contributed by atoms with van der Waals surface area (Å²) in [4.78, 5) is 18.7. The van der Waals surface area contributed by atoms with Crippen LogP contribution in [0.1, 0.15) is 31.3 Å². The van der Waals surface area contributed by atoms with Crippen LogP contribution in [0.4, 0.5) is 5.69 Å². The lowest BCUT2D eigenvalue weighted by Gasteiger charge is -2.08. The van der Waals surface area contributed by atoms with E-state index in [2.05, 4.69) is 28.9 Å². The molecule has 0 saturated carbocycles. The Bertz CT molecular complexity index is 795. The number of aromatic nitrogens is 2. The highest BCUT2D eigenvalue weighted by Gasteiger charge is 2.19. The number of hydrogen-bond acceptors (Lipinski definition) is 5. The van der Waals surface area contributed by atoms with Gasteiger partial charge in [-0.15, -0.1) is 0 Å². The summed E-state index contributed by atoms with van der Waals surface area (Å²) in [6.07, 6.45) is 0.551. The van der Waals surface area contributed by atoms with Gasteiger partial charge < -0.3 is 4.57 Å². The van der Waals surface area contributed by atoms with Gasteiger partial charge in [0.2, 0.25) is 0 Å². The summed E-state index contributed by atoms with van der Waals surface area (Å²) in [6, 6.07) is 6.55. The Balaban J connectivity index is 2.36. The average molecular weight is 346 g/mol. The third-order valence-corrected chi connectivity index (χ3v) is 4.61. The Labute approximate surface area is 143 Å². The number of azide groups is 1. The standard InChI is InChI=1S/C15H18N6O2S/c1-10(2)14-15(20(3)13(18-14)7-8-17-19-16)24-12-6-4-5-11(9-12)21(22)23/h4-6,9-10H,7-8H2,1-3H3. The molecular weight excluding hydrogens is 328 g/mol. The normalized spacial score (nSPS) is 10.7. The van der Waals surface area contributed by atoms with E-state index in [9.17, 15) is 10.1 Å². The van der Waals surface area contributed by atoms with E-state index in [1.54, 1.807) is 12.1 Å². The van der Waals surface area contributed by atoms with Crippen molar-refractivity contribution in [3.63, 3.8) is 0 Å². The van der Waals surface area contributed by atoms with Gasteiger partial charge in [-0.2, -0.15) is 0 Å². The van der Waals surface area contributed by atoms with Crippen molar-refractivity contribution in [1.82, 2.24) is 9.55 Å². The molecule has 126 valence electrons. The molecule has 1 aromatic heterocycles. The highest BCUT2D eigenvalue weighted by molar-refractivity contribution is 7.99. The molecule has 9 heteroatoms. The Morgan fingerprint density at radius 1 is 1.50 bits per heavy atom. The molecule has 0 spiro atoms. The summed E-state index contributed by atoms with van der Waals surface area (Å²) in [5.41, 5.74) is 9.40. The number of hydrogen-bond donors (Lipinski definition) is 0. The van der Waals surface area contributed by atoms with E-state index in [-0.39, 0.29) is 11.6 Å². The van der Waals surface area contributed by atoms with E-state index in [1.165, 1.54) is 17.8 Å². The molecule has 0 radical (unpaired) electrons. The fourth-order valence-corrected chi connectivity index (χ4v) is 3.42. The summed E-state index contributed by atoms with van der Waals surface area (Å²) in [5, 5.41) is 15.4. The molecule has 8 nitrogen and oxygen atoms in total. The number of nitro groups is 1. The molecule has 0 aliphatic heterocycles. The Morgan fingerprint density at radius 2 is 2.25 bits per heavy atom. The molecular formula is C15H18N6O2S. The van der Waals surface area contributed by atoms with Crippen LogP contribution >= 0.6 is 11.8 Å². The zero-order valence-electron chi connectivity index (χ0n) is 13.7. The summed E-state index contributed by atoms with van der Waals surface area (Å²) in [7, 11) is 1.91. The van der Waals surface area contributed by atoms with Crippen LogP contribution in [0.15, 0.2) is 39.3 Å². The topological polar surface area (TPSA) is 110 Å². The fraction of sp³-hybridized carbons (Fsp3) is 0.400. The second-order valence-electron chi connectivity index (χ2n) is 5.49. The number of nitro benzene ring substituents is 1. The van der Waals surface area contributed by atoms with Crippen molar-refractivity contribution in [1.29, 1.82) is 0 Å². The smallest absolute Gasteiger partial charge is 0.270 e. The van der Waals surface area contributed by atoms with E-state index in [0.29, 0.717) is 13.0 Å². The first-order valence-electron chi connectivity index (χ1n) is 7.42. The first-order chi connectivity index (χ1) is 11.4. The van der Waals surface area contributed by atoms with Crippen LogP contribution < -0.4 is 0 Å². The van der Waals surface area contributed by atoms with Crippen molar-refractivity contribution in [2.75, 3.05) is 6.54 Å². The summed E-state index contributed by atoms with van der Waals surface area (Å²) < 4.78 is 1.96. The minimum Gasteiger partial charge on any atom is -0.326 e. The van der Waals surface area contributed by atoms with Gasteiger partial charge in [-0.3, -0.25) is 10.1 Å². The first kappa shape index (κ1) is 17.8. The predicted molar refractivity (Wildman–Crippen MR) is 92.2 cm³/mol. The van der Waals surface area contributed by atoms with Crippen molar-refractivity contribution in [2.24, 2.45) is 12.2 Å². The van der Waals surface area contributed by atoms with E-state index < -0.39 is 4.92 Å². The second kappa shape index (κ2) is 7.85. The maximum atomic E-state index is 10.9. The SMILES string of the molecule is CC(C)c1nc(CCN=[N+]=[N-])n(C)c1Sc1cccc([N+](=O)[O-])c1. The molecule has 0 unspecified atom stereocenters. The van der Waals surface area contributed by atoms with E-state index >= 15 is 0 Å². The maximum absolute atomic E-state index is 10.9. The molecule has 2 aromatic rings. The molecule has 0 aliphatic rings. The van der Waals surface area contributed by atoms with Gasteiger partial charge in [-0.25, -0.2) is 4.98 Å². The van der Waals surface area contributed by atoms with E-state index in [1.807, 2.05) is 17.7 Å². The molecule has 2 rings (SSSR count). The molecule has 0 N–H and O–H groups in total. The minimum absolute atomic E-state index is 0.0665. The third kappa shape index (κ3) is 4.06. The molecule has 0 bridgehead atoms. The van der Waals surface area contributed by atoms with Gasteiger partial charge in [0, 0.05) is 42.0 Å².